The minimum atomic E-state index is -0.0328. The Hall–Kier alpha value is -1.35. The van der Waals surface area contributed by atoms with Gasteiger partial charge in [0, 0.05) is 16.7 Å². The number of Topliss-reactive ketones (excluding diaryl/α,β-unsaturated/α-hetero) is 2. The van der Waals surface area contributed by atoms with Gasteiger partial charge < -0.3 is 0 Å². The first-order chi connectivity index (χ1) is 7.16. The molecule has 2 rings (SSSR count). The lowest BCUT2D eigenvalue weighted by Crippen LogP contribution is -2.19. The molecule has 0 amide bonds. The van der Waals surface area contributed by atoms with Crippen LogP contribution < -0.4 is 0 Å². The first-order valence-corrected chi connectivity index (χ1v) is 5.82. The second-order valence-corrected chi connectivity index (χ2v) is 4.18. The largest absolute Gasteiger partial charge is 0.289 e. The van der Waals surface area contributed by atoms with Gasteiger partial charge in [-0.15, -0.1) is 11.8 Å². The highest BCUT2D eigenvalue weighted by molar-refractivity contribution is 8.03. The number of ketones is 2. The fraction of sp³-hybridized carbons (Fsp3) is 0.167. The molecule has 0 saturated carbocycles. The second kappa shape index (κ2) is 3.66. The molecule has 2 nitrogen and oxygen atoms in total. The highest BCUT2D eigenvalue weighted by atomic mass is 32.2. The van der Waals surface area contributed by atoms with Crippen molar-refractivity contribution < 1.29 is 9.59 Å². The average molecular weight is 218 g/mol. The molecule has 1 aromatic rings. The average Bonchev–Trinajstić information content (AvgIpc) is 2.27. The van der Waals surface area contributed by atoms with E-state index in [1.165, 1.54) is 11.8 Å². The highest BCUT2D eigenvalue weighted by Gasteiger charge is 2.28. The number of rotatable bonds is 1. The van der Waals surface area contributed by atoms with Crippen LogP contribution in [-0.2, 0) is 0 Å². The van der Waals surface area contributed by atoms with Crippen molar-refractivity contribution in [2.75, 3.05) is 6.26 Å². The Morgan fingerprint density at radius 2 is 1.53 bits per heavy atom. The normalized spacial score (nSPS) is 15.6. The minimum Gasteiger partial charge on any atom is -0.289 e. The van der Waals surface area contributed by atoms with Gasteiger partial charge in [0.2, 0.25) is 0 Å². The van der Waals surface area contributed by atoms with Gasteiger partial charge in [0.15, 0.2) is 11.6 Å². The molecule has 0 aliphatic heterocycles. The molecule has 3 heteroatoms. The number of fused-ring (bicyclic) bond motifs is 1. The van der Waals surface area contributed by atoms with Crippen LogP contribution >= 0.6 is 11.8 Å². The molecule has 15 heavy (non-hydrogen) atoms. The topological polar surface area (TPSA) is 34.1 Å². The lowest BCUT2D eigenvalue weighted by atomic mass is 9.90. The summed E-state index contributed by atoms with van der Waals surface area (Å²) in [5, 5.41) is 0. The van der Waals surface area contributed by atoms with Crippen LogP contribution in [0.1, 0.15) is 27.6 Å². The molecule has 0 saturated heterocycles. The zero-order valence-electron chi connectivity index (χ0n) is 8.53. The first-order valence-electron chi connectivity index (χ1n) is 4.60. The Labute approximate surface area is 92.4 Å². The smallest absolute Gasteiger partial charge is 0.200 e. The van der Waals surface area contributed by atoms with Crippen molar-refractivity contribution >= 4 is 23.3 Å². The Bertz CT molecular complexity index is 486. The number of allylic oxidation sites excluding steroid dienone is 2. The van der Waals surface area contributed by atoms with E-state index in [4.69, 9.17) is 0 Å². The van der Waals surface area contributed by atoms with Gasteiger partial charge in [-0.05, 0) is 13.2 Å². The molecule has 1 aromatic carbocycles. The monoisotopic (exact) mass is 218 g/mol. The fourth-order valence-electron chi connectivity index (χ4n) is 1.72. The Balaban J connectivity index is 2.68. The molecule has 0 atom stereocenters. The zero-order chi connectivity index (χ0) is 11.0. The van der Waals surface area contributed by atoms with E-state index in [1.54, 1.807) is 31.2 Å². The van der Waals surface area contributed by atoms with E-state index in [2.05, 4.69) is 0 Å². The second-order valence-electron chi connectivity index (χ2n) is 3.36. The van der Waals surface area contributed by atoms with E-state index >= 15 is 0 Å². The van der Waals surface area contributed by atoms with Crippen LogP contribution in [0.15, 0.2) is 34.7 Å². The van der Waals surface area contributed by atoms with Crippen molar-refractivity contribution in [3.05, 3.63) is 45.9 Å². The Morgan fingerprint density at radius 1 is 1.00 bits per heavy atom. The van der Waals surface area contributed by atoms with Gasteiger partial charge in [-0.1, -0.05) is 24.3 Å². The molecule has 0 fully saturated rings. The standard InChI is InChI=1S/C12H10O2S/c1-7-10(13)8-5-3-4-6-9(8)11(14)12(7)15-2/h3-6H,1-2H3. The summed E-state index contributed by atoms with van der Waals surface area (Å²) >= 11 is 1.34. The van der Waals surface area contributed by atoms with Crippen LogP contribution in [0, 0.1) is 0 Å². The summed E-state index contributed by atoms with van der Waals surface area (Å²) in [6, 6.07) is 6.97. The lowest BCUT2D eigenvalue weighted by molar-refractivity contribution is 0.0981. The summed E-state index contributed by atoms with van der Waals surface area (Å²) in [6.45, 7) is 1.71. The van der Waals surface area contributed by atoms with Gasteiger partial charge >= 0.3 is 0 Å². The van der Waals surface area contributed by atoms with Crippen molar-refractivity contribution in [1.82, 2.24) is 0 Å². The van der Waals surface area contributed by atoms with Crippen molar-refractivity contribution in [2.45, 2.75) is 6.92 Å². The summed E-state index contributed by atoms with van der Waals surface area (Å²) in [6.07, 6.45) is 1.82. The molecular formula is C12H10O2S. The summed E-state index contributed by atoms with van der Waals surface area (Å²) in [5.74, 6) is -0.0650. The van der Waals surface area contributed by atoms with E-state index in [-0.39, 0.29) is 11.6 Å². The first kappa shape index (κ1) is 10.2. The van der Waals surface area contributed by atoms with Crippen molar-refractivity contribution in [2.24, 2.45) is 0 Å². The van der Waals surface area contributed by atoms with Gasteiger partial charge in [0.25, 0.3) is 0 Å². The van der Waals surface area contributed by atoms with Crippen LogP contribution in [0.2, 0.25) is 0 Å². The maximum atomic E-state index is 12.0. The number of thioether (sulfide) groups is 1. The van der Waals surface area contributed by atoms with E-state index in [1.807, 2.05) is 6.26 Å². The van der Waals surface area contributed by atoms with E-state index in [0.717, 1.165) is 0 Å². The van der Waals surface area contributed by atoms with Crippen molar-refractivity contribution in [1.29, 1.82) is 0 Å². The predicted octanol–water partition coefficient (Wildman–Crippen LogP) is 2.70. The van der Waals surface area contributed by atoms with Crippen LogP contribution in [0.25, 0.3) is 0 Å². The minimum absolute atomic E-state index is 0.0322. The van der Waals surface area contributed by atoms with Crippen molar-refractivity contribution in [3.8, 4) is 0 Å². The maximum absolute atomic E-state index is 12.0. The van der Waals surface area contributed by atoms with Crippen LogP contribution in [0.5, 0.6) is 0 Å². The third-order valence-corrected chi connectivity index (χ3v) is 3.41. The molecule has 76 valence electrons. The highest BCUT2D eigenvalue weighted by Crippen LogP contribution is 2.30. The molecular weight excluding hydrogens is 208 g/mol. The van der Waals surface area contributed by atoms with E-state index in [0.29, 0.717) is 21.6 Å². The zero-order valence-corrected chi connectivity index (χ0v) is 9.35. The van der Waals surface area contributed by atoms with E-state index < -0.39 is 0 Å². The molecule has 0 N–H and O–H groups in total. The van der Waals surface area contributed by atoms with Crippen LogP contribution in [-0.4, -0.2) is 17.8 Å². The summed E-state index contributed by atoms with van der Waals surface area (Å²) in [4.78, 5) is 24.4. The molecule has 0 heterocycles. The van der Waals surface area contributed by atoms with E-state index in [9.17, 15) is 9.59 Å². The molecule has 0 unspecified atom stereocenters. The number of hydrogen-bond acceptors (Lipinski definition) is 3. The molecule has 0 radical (unpaired) electrons. The fourth-order valence-corrected chi connectivity index (χ4v) is 2.42. The lowest BCUT2D eigenvalue weighted by Gasteiger charge is -2.16. The molecule has 0 spiro atoms. The third-order valence-electron chi connectivity index (χ3n) is 2.51. The SMILES string of the molecule is CSC1=C(C)C(=O)c2ccccc2C1=O. The van der Waals surface area contributed by atoms with Crippen LogP contribution in [0.4, 0.5) is 0 Å². The summed E-state index contributed by atoms with van der Waals surface area (Å²) < 4.78 is 0. The number of benzene rings is 1. The summed E-state index contributed by atoms with van der Waals surface area (Å²) in [5.41, 5.74) is 1.61. The Kier molecular flexibility index (Phi) is 2.49. The van der Waals surface area contributed by atoms with Crippen LogP contribution in [0.3, 0.4) is 0 Å². The van der Waals surface area contributed by atoms with Gasteiger partial charge in [-0.25, -0.2) is 0 Å². The van der Waals surface area contributed by atoms with Crippen molar-refractivity contribution in [3.63, 3.8) is 0 Å². The number of carbonyl (C=O) groups excluding carboxylic acids is 2. The van der Waals surface area contributed by atoms with Gasteiger partial charge in [0.05, 0.1) is 4.91 Å². The maximum Gasteiger partial charge on any atom is 0.200 e. The third kappa shape index (κ3) is 1.43. The number of hydrogen-bond donors (Lipinski definition) is 0. The number of carbonyl (C=O) groups is 2. The summed E-state index contributed by atoms with van der Waals surface area (Å²) in [7, 11) is 0. The van der Waals surface area contributed by atoms with Gasteiger partial charge in [0.1, 0.15) is 0 Å². The predicted molar refractivity (Wildman–Crippen MR) is 61.3 cm³/mol. The van der Waals surface area contributed by atoms with Gasteiger partial charge in [-0.2, -0.15) is 0 Å². The molecule has 0 bridgehead atoms. The van der Waals surface area contributed by atoms with Gasteiger partial charge in [-0.3, -0.25) is 9.59 Å². The molecule has 1 aliphatic rings. The Morgan fingerprint density at radius 3 is 2.07 bits per heavy atom. The molecule has 1 aliphatic carbocycles. The molecule has 0 aromatic heterocycles. The quantitative estimate of drug-likeness (QED) is 0.726.